The molecule has 0 bridgehead atoms. The van der Waals surface area contributed by atoms with Gasteiger partial charge in [0.2, 0.25) is 0 Å². The normalized spacial score (nSPS) is 11.8. The van der Waals surface area contributed by atoms with Gasteiger partial charge in [-0.15, -0.1) is 0 Å². The highest BCUT2D eigenvalue weighted by Crippen LogP contribution is 2.31. The lowest BCUT2D eigenvalue weighted by Crippen LogP contribution is -2.30. The van der Waals surface area contributed by atoms with Gasteiger partial charge in [0.05, 0.1) is 12.6 Å². The summed E-state index contributed by atoms with van der Waals surface area (Å²) in [5.41, 5.74) is 4.24. The van der Waals surface area contributed by atoms with Crippen molar-refractivity contribution >= 4 is 5.91 Å². The van der Waals surface area contributed by atoms with E-state index in [4.69, 9.17) is 9.72 Å². The van der Waals surface area contributed by atoms with Crippen molar-refractivity contribution in [3.63, 3.8) is 0 Å². The second-order valence-corrected chi connectivity index (χ2v) is 8.84. The number of imidazole rings is 1. The number of nitrogens with one attached hydrogen (secondary N) is 1. The Balaban J connectivity index is 1.78. The first kappa shape index (κ1) is 25.2. The summed E-state index contributed by atoms with van der Waals surface area (Å²) in [6.07, 6.45) is 2.78. The predicted molar refractivity (Wildman–Crippen MR) is 146 cm³/mol. The van der Waals surface area contributed by atoms with Gasteiger partial charge < -0.3 is 14.6 Å². The molecular weight excluding hydrogens is 446 g/mol. The van der Waals surface area contributed by atoms with E-state index in [9.17, 15) is 4.79 Å². The van der Waals surface area contributed by atoms with Gasteiger partial charge in [0.1, 0.15) is 23.0 Å². The first-order valence-corrected chi connectivity index (χ1v) is 12.9. The van der Waals surface area contributed by atoms with Crippen molar-refractivity contribution in [2.45, 2.75) is 52.6 Å². The van der Waals surface area contributed by atoms with Crippen LogP contribution in [0.3, 0.4) is 0 Å². The summed E-state index contributed by atoms with van der Waals surface area (Å²) in [6, 6.07) is 28.0. The zero-order valence-electron chi connectivity index (χ0n) is 21.4. The third kappa shape index (κ3) is 5.68. The fourth-order valence-electron chi connectivity index (χ4n) is 4.45. The minimum absolute atomic E-state index is 0.0678. The van der Waals surface area contributed by atoms with Gasteiger partial charge in [0, 0.05) is 17.7 Å². The van der Waals surface area contributed by atoms with Crippen LogP contribution in [-0.2, 0) is 6.54 Å². The Labute approximate surface area is 214 Å². The lowest BCUT2D eigenvalue weighted by molar-refractivity contribution is 0.0926. The number of ether oxygens (including phenoxy) is 1. The van der Waals surface area contributed by atoms with Gasteiger partial charge in [0.15, 0.2) is 0 Å². The van der Waals surface area contributed by atoms with E-state index in [1.807, 2.05) is 77.4 Å². The Morgan fingerprint density at radius 1 is 0.861 bits per heavy atom. The van der Waals surface area contributed by atoms with Crippen LogP contribution in [0.1, 0.15) is 62.1 Å². The molecule has 0 radical (unpaired) electrons. The third-order valence-corrected chi connectivity index (χ3v) is 6.22. The Morgan fingerprint density at radius 3 is 2.14 bits per heavy atom. The van der Waals surface area contributed by atoms with Gasteiger partial charge in [-0.1, -0.05) is 80.9 Å². The molecule has 0 aliphatic carbocycles. The van der Waals surface area contributed by atoms with Gasteiger partial charge >= 0.3 is 0 Å². The Morgan fingerprint density at radius 2 is 1.53 bits per heavy atom. The average Bonchev–Trinajstić information content (AvgIpc) is 3.33. The van der Waals surface area contributed by atoms with Crippen molar-refractivity contribution in [3.05, 3.63) is 96.2 Å². The fourth-order valence-corrected chi connectivity index (χ4v) is 4.45. The van der Waals surface area contributed by atoms with Crippen molar-refractivity contribution < 1.29 is 9.53 Å². The standard InChI is InChI=1S/C31H35N3O2/c1-4-13-27(23-14-9-7-10-15-23)32-31(35)29-28(24-18-20-26(21-19-24)36-22-5-2)33-30(34(29)6-3)25-16-11-8-12-17-25/h7-12,14-21,27H,4-6,13,22H2,1-3H3,(H,32,35). The molecule has 5 heteroatoms. The lowest BCUT2D eigenvalue weighted by Gasteiger charge is -2.20. The van der Waals surface area contributed by atoms with Gasteiger partial charge in [-0.2, -0.15) is 0 Å². The largest absolute Gasteiger partial charge is 0.494 e. The molecule has 186 valence electrons. The second kappa shape index (κ2) is 12.2. The maximum Gasteiger partial charge on any atom is 0.270 e. The van der Waals surface area contributed by atoms with Crippen LogP contribution in [0.5, 0.6) is 5.75 Å². The first-order chi connectivity index (χ1) is 17.7. The minimum Gasteiger partial charge on any atom is -0.494 e. The summed E-state index contributed by atoms with van der Waals surface area (Å²) in [7, 11) is 0. The number of aromatic nitrogens is 2. The Hall–Kier alpha value is -3.86. The van der Waals surface area contributed by atoms with Crippen molar-refractivity contribution in [1.82, 2.24) is 14.9 Å². The highest BCUT2D eigenvalue weighted by Gasteiger charge is 2.26. The zero-order valence-corrected chi connectivity index (χ0v) is 21.4. The van der Waals surface area contributed by atoms with Gasteiger partial charge in [0.25, 0.3) is 5.91 Å². The van der Waals surface area contributed by atoms with Crippen LogP contribution >= 0.6 is 0 Å². The number of amides is 1. The predicted octanol–water partition coefficient (Wildman–Crippen LogP) is 7.30. The molecule has 1 atom stereocenters. The molecule has 1 amide bonds. The molecule has 1 heterocycles. The lowest BCUT2D eigenvalue weighted by atomic mass is 10.0. The van der Waals surface area contributed by atoms with E-state index in [-0.39, 0.29) is 11.9 Å². The Kier molecular flexibility index (Phi) is 8.56. The summed E-state index contributed by atoms with van der Waals surface area (Å²) in [4.78, 5) is 19.0. The molecule has 5 nitrogen and oxygen atoms in total. The molecule has 0 spiro atoms. The van der Waals surface area contributed by atoms with Crippen molar-refractivity contribution in [3.8, 4) is 28.4 Å². The van der Waals surface area contributed by atoms with Crippen LogP contribution in [0.4, 0.5) is 0 Å². The number of carbonyl (C=O) groups excluding carboxylic acids is 1. The summed E-state index contributed by atoms with van der Waals surface area (Å²) >= 11 is 0. The number of carbonyl (C=O) groups is 1. The molecule has 1 unspecified atom stereocenters. The molecule has 1 N–H and O–H groups in total. The maximum atomic E-state index is 13.9. The van der Waals surface area contributed by atoms with E-state index in [0.29, 0.717) is 24.5 Å². The molecule has 1 aromatic heterocycles. The van der Waals surface area contributed by atoms with Gasteiger partial charge in [-0.25, -0.2) is 4.98 Å². The summed E-state index contributed by atoms with van der Waals surface area (Å²) in [5.74, 6) is 1.49. The smallest absolute Gasteiger partial charge is 0.270 e. The van der Waals surface area contributed by atoms with E-state index < -0.39 is 0 Å². The summed E-state index contributed by atoms with van der Waals surface area (Å²) in [6.45, 7) is 7.58. The molecular formula is C31H35N3O2. The van der Waals surface area contributed by atoms with Crippen LogP contribution in [0.15, 0.2) is 84.9 Å². The van der Waals surface area contributed by atoms with Gasteiger partial charge in [-0.05, 0) is 49.6 Å². The fraction of sp³-hybridized carbons (Fsp3) is 0.290. The third-order valence-electron chi connectivity index (χ3n) is 6.22. The SMILES string of the molecule is CCCOc1ccc(-c2nc(-c3ccccc3)n(CC)c2C(=O)NC(CCC)c2ccccc2)cc1. The van der Waals surface area contributed by atoms with E-state index in [0.717, 1.165) is 47.5 Å². The molecule has 36 heavy (non-hydrogen) atoms. The van der Waals surface area contributed by atoms with E-state index in [1.165, 1.54) is 0 Å². The maximum absolute atomic E-state index is 13.9. The monoisotopic (exact) mass is 481 g/mol. The topological polar surface area (TPSA) is 56.2 Å². The number of hydrogen-bond donors (Lipinski definition) is 1. The van der Waals surface area contributed by atoms with Crippen LogP contribution in [0.25, 0.3) is 22.6 Å². The highest BCUT2D eigenvalue weighted by molar-refractivity contribution is 5.99. The molecule has 4 rings (SSSR count). The van der Waals surface area contributed by atoms with Crippen LogP contribution in [0, 0.1) is 0 Å². The van der Waals surface area contributed by atoms with E-state index in [2.05, 4.69) is 38.2 Å². The molecule has 4 aromatic rings. The second-order valence-electron chi connectivity index (χ2n) is 8.84. The van der Waals surface area contributed by atoms with Crippen LogP contribution < -0.4 is 10.1 Å². The van der Waals surface area contributed by atoms with Crippen molar-refractivity contribution in [2.75, 3.05) is 6.61 Å². The molecule has 0 aliphatic rings. The minimum atomic E-state index is -0.116. The average molecular weight is 482 g/mol. The van der Waals surface area contributed by atoms with Crippen LogP contribution in [0.2, 0.25) is 0 Å². The number of hydrogen-bond acceptors (Lipinski definition) is 3. The number of nitrogens with zero attached hydrogens (tertiary/aromatic N) is 2. The zero-order chi connectivity index (χ0) is 25.3. The summed E-state index contributed by atoms with van der Waals surface area (Å²) in [5, 5.41) is 3.32. The van der Waals surface area contributed by atoms with E-state index in [1.54, 1.807) is 0 Å². The number of benzene rings is 3. The Bertz CT molecular complexity index is 1250. The van der Waals surface area contributed by atoms with E-state index >= 15 is 0 Å². The molecule has 3 aromatic carbocycles. The quantitative estimate of drug-likeness (QED) is 0.245. The molecule has 0 aliphatic heterocycles. The first-order valence-electron chi connectivity index (χ1n) is 12.9. The highest BCUT2D eigenvalue weighted by atomic mass is 16.5. The van der Waals surface area contributed by atoms with Gasteiger partial charge in [-0.3, -0.25) is 4.79 Å². The molecule has 0 saturated carbocycles. The summed E-state index contributed by atoms with van der Waals surface area (Å²) < 4.78 is 7.79. The molecule has 0 fully saturated rings. The molecule has 0 saturated heterocycles. The van der Waals surface area contributed by atoms with Crippen LogP contribution in [-0.4, -0.2) is 22.1 Å². The number of rotatable bonds is 11. The van der Waals surface area contributed by atoms with Crippen molar-refractivity contribution in [1.29, 1.82) is 0 Å². The van der Waals surface area contributed by atoms with Crippen molar-refractivity contribution in [2.24, 2.45) is 0 Å².